The van der Waals surface area contributed by atoms with Gasteiger partial charge in [-0.15, -0.1) is 0 Å². The van der Waals surface area contributed by atoms with Crippen LogP contribution >= 0.6 is 0 Å². The van der Waals surface area contributed by atoms with E-state index in [0.717, 1.165) is 11.4 Å². The summed E-state index contributed by atoms with van der Waals surface area (Å²) >= 11 is 0. The molecule has 1 aromatic carbocycles. The van der Waals surface area contributed by atoms with Gasteiger partial charge in [0.2, 0.25) is 5.88 Å². The quantitative estimate of drug-likeness (QED) is 0.621. The summed E-state index contributed by atoms with van der Waals surface area (Å²) in [5.74, 6) is 2.28. The molecule has 0 N–H and O–H groups in total. The van der Waals surface area contributed by atoms with Gasteiger partial charge in [-0.2, -0.15) is 0 Å². The van der Waals surface area contributed by atoms with Gasteiger partial charge in [0.1, 0.15) is 12.1 Å². The number of aromatic nitrogens is 3. The van der Waals surface area contributed by atoms with Crippen LogP contribution in [0.3, 0.4) is 0 Å². The molecule has 2 aromatic heterocycles. The second-order valence-corrected chi connectivity index (χ2v) is 7.64. The van der Waals surface area contributed by atoms with Crippen molar-refractivity contribution in [1.29, 1.82) is 0 Å². The fourth-order valence-corrected chi connectivity index (χ4v) is 3.25. The van der Waals surface area contributed by atoms with E-state index >= 15 is 0 Å². The molecule has 8 heteroatoms. The molecule has 0 radical (unpaired) electrons. The van der Waals surface area contributed by atoms with E-state index in [1.807, 2.05) is 36.4 Å². The standard InChI is InChI=1S/C22H25N5O3/c1-16(2)14-29-21-13-20(23-15-24-21)26-8-10-27(11-9-26)22(28)18-12-19(30-25-18)17-6-4-3-5-7-17/h3-7,12-13,15-16H,8-11,14H2,1-2H3. The van der Waals surface area contributed by atoms with Gasteiger partial charge in [-0.3, -0.25) is 4.79 Å². The average molecular weight is 407 g/mol. The predicted molar refractivity (Wildman–Crippen MR) is 112 cm³/mol. The van der Waals surface area contributed by atoms with Gasteiger partial charge in [-0.25, -0.2) is 9.97 Å². The van der Waals surface area contributed by atoms with Crippen molar-refractivity contribution in [2.24, 2.45) is 5.92 Å². The third-order valence-electron chi connectivity index (χ3n) is 4.87. The Labute approximate surface area is 175 Å². The third kappa shape index (κ3) is 4.59. The summed E-state index contributed by atoms with van der Waals surface area (Å²) in [4.78, 5) is 25.3. The van der Waals surface area contributed by atoms with Crippen LogP contribution in [0.15, 0.2) is 53.3 Å². The maximum absolute atomic E-state index is 12.8. The monoisotopic (exact) mass is 407 g/mol. The van der Waals surface area contributed by atoms with Crippen molar-refractivity contribution >= 4 is 11.7 Å². The van der Waals surface area contributed by atoms with Crippen molar-refractivity contribution < 1.29 is 14.1 Å². The Kier molecular flexibility index (Phi) is 5.92. The number of hydrogen-bond donors (Lipinski definition) is 0. The summed E-state index contributed by atoms with van der Waals surface area (Å²) in [5, 5.41) is 3.97. The molecule has 156 valence electrons. The van der Waals surface area contributed by atoms with E-state index in [2.05, 4.69) is 33.9 Å². The summed E-state index contributed by atoms with van der Waals surface area (Å²) in [7, 11) is 0. The van der Waals surface area contributed by atoms with Crippen LogP contribution in [0.2, 0.25) is 0 Å². The molecule has 1 amide bonds. The molecule has 0 saturated carbocycles. The molecule has 3 heterocycles. The number of piperazine rings is 1. The summed E-state index contributed by atoms with van der Waals surface area (Å²) in [5.41, 5.74) is 1.22. The predicted octanol–water partition coefficient (Wildman–Crippen LogP) is 3.13. The van der Waals surface area contributed by atoms with Crippen LogP contribution < -0.4 is 9.64 Å². The molecule has 4 rings (SSSR count). The SMILES string of the molecule is CC(C)COc1cc(N2CCN(C(=O)c3cc(-c4ccccc4)on3)CC2)ncn1. The number of rotatable bonds is 6. The largest absolute Gasteiger partial charge is 0.477 e. The highest BCUT2D eigenvalue weighted by molar-refractivity contribution is 5.93. The molecule has 1 saturated heterocycles. The molecule has 1 fully saturated rings. The lowest BCUT2D eigenvalue weighted by Gasteiger charge is -2.35. The Bertz CT molecular complexity index is 981. The number of benzene rings is 1. The Morgan fingerprint density at radius 1 is 1.10 bits per heavy atom. The van der Waals surface area contributed by atoms with Crippen LogP contribution in [0, 0.1) is 5.92 Å². The van der Waals surface area contributed by atoms with Crippen LogP contribution in [0.1, 0.15) is 24.3 Å². The molecule has 3 aromatic rings. The zero-order valence-electron chi connectivity index (χ0n) is 17.2. The number of amides is 1. The van der Waals surface area contributed by atoms with Gasteiger partial charge in [0.25, 0.3) is 5.91 Å². The van der Waals surface area contributed by atoms with Crippen LogP contribution in [0.25, 0.3) is 11.3 Å². The minimum Gasteiger partial charge on any atom is -0.477 e. The van der Waals surface area contributed by atoms with E-state index in [4.69, 9.17) is 9.26 Å². The van der Waals surface area contributed by atoms with Gasteiger partial charge in [0, 0.05) is 43.9 Å². The lowest BCUT2D eigenvalue weighted by Crippen LogP contribution is -2.49. The summed E-state index contributed by atoms with van der Waals surface area (Å²) in [6, 6.07) is 13.2. The molecule has 0 unspecified atom stereocenters. The summed E-state index contributed by atoms with van der Waals surface area (Å²) in [6.45, 7) is 7.32. The van der Waals surface area contributed by atoms with Gasteiger partial charge in [0.05, 0.1) is 6.61 Å². The highest BCUT2D eigenvalue weighted by atomic mass is 16.5. The molecule has 0 spiro atoms. The van der Waals surface area contributed by atoms with Crippen molar-refractivity contribution in [3.8, 4) is 17.2 Å². The highest BCUT2D eigenvalue weighted by Crippen LogP contribution is 2.22. The number of ether oxygens (including phenoxy) is 1. The van der Waals surface area contributed by atoms with Gasteiger partial charge in [-0.05, 0) is 5.92 Å². The first-order valence-electron chi connectivity index (χ1n) is 10.1. The van der Waals surface area contributed by atoms with Gasteiger partial charge in [-0.1, -0.05) is 49.3 Å². The maximum atomic E-state index is 12.8. The molecule has 1 aliphatic heterocycles. The third-order valence-corrected chi connectivity index (χ3v) is 4.87. The van der Waals surface area contributed by atoms with Crippen LogP contribution in [-0.2, 0) is 0 Å². The molecule has 0 bridgehead atoms. The van der Waals surface area contributed by atoms with Gasteiger partial charge >= 0.3 is 0 Å². The van der Waals surface area contributed by atoms with Crippen molar-refractivity contribution in [3.63, 3.8) is 0 Å². The molecule has 8 nitrogen and oxygen atoms in total. The minimum absolute atomic E-state index is 0.121. The fraction of sp³-hybridized carbons (Fsp3) is 0.364. The summed E-state index contributed by atoms with van der Waals surface area (Å²) < 4.78 is 11.1. The lowest BCUT2D eigenvalue weighted by molar-refractivity contribution is 0.0736. The Balaban J connectivity index is 1.36. The van der Waals surface area contributed by atoms with Crippen molar-refractivity contribution in [1.82, 2.24) is 20.0 Å². The Hall–Kier alpha value is -3.42. The van der Waals surface area contributed by atoms with E-state index in [-0.39, 0.29) is 5.91 Å². The first kappa shape index (κ1) is 19.9. The van der Waals surface area contributed by atoms with Crippen LogP contribution in [0.4, 0.5) is 5.82 Å². The Morgan fingerprint density at radius 3 is 2.60 bits per heavy atom. The number of anilines is 1. The van der Waals surface area contributed by atoms with Crippen molar-refractivity contribution in [3.05, 3.63) is 54.5 Å². The number of nitrogens with zero attached hydrogens (tertiary/aromatic N) is 5. The smallest absolute Gasteiger partial charge is 0.276 e. The second kappa shape index (κ2) is 8.94. The lowest BCUT2D eigenvalue weighted by atomic mass is 10.1. The zero-order valence-corrected chi connectivity index (χ0v) is 17.2. The zero-order chi connectivity index (χ0) is 20.9. The molecule has 0 aliphatic carbocycles. The topological polar surface area (TPSA) is 84.6 Å². The van der Waals surface area contributed by atoms with E-state index < -0.39 is 0 Å². The average Bonchev–Trinajstić information content (AvgIpc) is 3.28. The molecular formula is C22H25N5O3. The van der Waals surface area contributed by atoms with Crippen LogP contribution in [0.5, 0.6) is 5.88 Å². The second-order valence-electron chi connectivity index (χ2n) is 7.64. The molecule has 1 aliphatic rings. The van der Waals surface area contributed by atoms with E-state index in [1.54, 1.807) is 11.0 Å². The van der Waals surface area contributed by atoms with Gasteiger partial charge in [0.15, 0.2) is 11.5 Å². The minimum atomic E-state index is -0.121. The first-order valence-corrected chi connectivity index (χ1v) is 10.1. The summed E-state index contributed by atoms with van der Waals surface area (Å²) in [6.07, 6.45) is 1.52. The number of hydrogen-bond acceptors (Lipinski definition) is 7. The van der Waals surface area contributed by atoms with Gasteiger partial charge < -0.3 is 19.1 Å². The number of carbonyl (C=O) groups is 1. The van der Waals surface area contributed by atoms with Crippen molar-refractivity contribution in [2.45, 2.75) is 13.8 Å². The van der Waals surface area contributed by atoms with E-state index in [1.165, 1.54) is 6.33 Å². The number of carbonyl (C=O) groups excluding carboxylic acids is 1. The van der Waals surface area contributed by atoms with Crippen LogP contribution in [-0.4, -0.2) is 58.7 Å². The molecule has 0 atom stereocenters. The highest BCUT2D eigenvalue weighted by Gasteiger charge is 2.25. The molecular weight excluding hydrogens is 382 g/mol. The maximum Gasteiger partial charge on any atom is 0.276 e. The van der Waals surface area contributed by atoms with E-state index in [9.17, 15) is 4.79 Å². The normalized spacial score (nSPS) is 14.2. The molecule has 30 heavy (non-hydrogen) atoms. The fourth-order valence-electron chi connectivity index (χ4n) is 3.25. The Morgan fingerprint density at radius 2 is 1.87 bits per heavy atom. The first-order chi connectivity index (χ1) is 14.6. The van der Waals surface area contributed by atoms with Crippen molar-refractivity contribution in [2.75, 3.05) is 37.7 Å². The van der Waals surface area contributed by atoms with E-state index in [0.29, 0.717) is 56.0 Å².